The van der Waals surface area contributed by atoms with E-state index in [0.717, 1.165) is 12.8 Å². The quantitative estimate of drug-likeness (QED) is 0.573. The van der Waals surface area contributed by atoms with Gasteiger partial charge in [0, 0.05) is 18.7 Å². The number of nitrogens with zero attached hydrogens (tertiary/aromatic N) is 1. The third kappa shape index (κ3) is 3.08. The van der Waals surface area contributed by atoms with E-state index >= 15 is 0 Å². The van der Waals surface area contributed by atoms with Crippen LogP contribution in [0.2, 0.25) is 0 Å². The molecule has 0 unspecified atom stereocenters. The molecular weight excluding hydrogens is 200 g/mol. The first-order chi connectivity index (χ1) is 6.67. The van der Waals surface area contributed by atoms with Gasteiger partial charge in [-0.05, 0) is 6.42 Å². The SMILES string of the molecule is CCCCNS(=O)(=O)[n+]1ccccc1. The Morgan fingerprint density at radius 1 is 1.21 bits per heavy atom. The Bertz CT molecular complexity index is 362. The van der Waals surface area contributed by atoms with Crippen molar-refractivity contribution < 1.29 is 12.4 Å². The van der Waals surface area contributed by atoms with E-state index in [1.165, 1.54) is 16.4 Å². The van der Waals surface area contributed by atoms with Gasteiger partial charge in [-0.1, -0.05) is 23.4 Å². The second kappa shape index (κ2) is 5.07. The molecule has 1 N–H and O–H groups in total. The van der Waals surface area contributed by atoms with E-state index in [1.54, 1.807) is 18.2 Å². The minimum Gasteiger partial charge on any atom is -0.159 e. The first-order valence-electron chi connectivity index (χ1n) is 4.63. The molecule has 0 saturated carbocycles. The Kier molecular flexibility index (Phi) is 4.03. The zero-order valence-electron chi connectivity index (χ0n) is 8.18. The molecule has 1 heterocycles. The predicted molar refractivity (Wildman–Crippen MR) is 53.9 cm³/mol. The molecule has 78 valence electrons. The highest BCUT2D eigenvalue weighted by molar-refractivity contribution is 7.82. The molecule has 1 aromatic rings. The van der Waals surface area contributed by atoms with Crippen LogP contribution in [0, 0.1) is 0 Å². The Balaban J connectivity index is 2.67. The van der Waals surface area contributed by atoms with Crippen LogP contribution in [0.3, 0.4) is 0 Å². The molecule has 0 amide bonds. The van der Waals surface area contributed by atoms with Crippen molar-refractivity contribution in [2.24, 2.45) is 0 Å². The summed E-state index contributed by atoms with van der Waals surface area (Å²) in [6, 6.07) is 5.14. The first-order valence-corrected chi connectivity index (χ1v) is 6.07. The van der Waals surface area contributed by atoms with Gasteiger partial charge in [-0.25, -0.2) is 0 Å². The summed E-state index contributed by atoms with van der Waals surface area (Å²) in [7, 11) is -3.37. The van der Waals surface area contributed by atoms with Gasteiger partial charge in [0.25, 0.3) is 0 Å². The maximum absolute atomic E-state index is 11.6. The van der Waals surface area contributed by atoms with Crippen molar-refractivity contribution in [2.75, 3.05) is 6.54 Å². The fourth-order valence-electron chi connectivity index (χ4n) is 0.996. The highest BCUT2D eigenvalue weighted by Crippen LogP contribution is 1.86. The van der Waals surface area contributed by atoms with Crippen molar-refractivity contribution in [2.45, 2.75) is 19.8 Å². The molecule has 14 heavy (non-hydrogen) atoms. The van der Waals surface area contributed by atoms with Crippen LogP contribution in [0.1, 0.15) is 19.8 Å². The second-order valence-corrected chi connectivity index (χ2v) is 4.62. The van der Waals surface area contributed by atoms with Crippen LogP contribution in [0.15, 0.2) is 30.6 Å². The van der Waals surface area contributed by atoms with E-state index in [1.807, 2.05) is 6.92 Å². The van der Waals surface area contributed by atoms with Crippen LogP contribution in [0.4, 0.5) is 0 Å². The number of hydrogen-bond donors (Lipinski definition) is 1. The molecule has 0 radical (unpaired) electrons. The average Bonchev–Trinajstić information content (AvgIpc) is 2.19. The van der Waals surface area contributed by atoms with Gasteiger partial charge in [-0.15, -0.1) is 8.42 Å². The van der Waals surface area contributed by atoms with Gasteiger partial charge in [0.05, 0.1) is 0 Å². The lowest BCUT2D eigenvalue weighted by molar-refractivity contribution is -0.512. The van der Waals surface area contributed by atoms with Gasteiger partial charge in [-0.2, -0.15) is 4.72 Å². The van der Waals surface area contributed by atoms with Crippen LogP contribution < -0.4 is 8.69 Å². The maximum Gasteiger partial charge on any atom is 0.444 e. The molecule has 1 rings (SSSR count). The lowest BCUT2D eigenvalue weighted by Gasteiger charge is -1.99. The lowest BCUT2D eigenvalue weighted by Crippen LogP contribution is -2.50. The number of hydrogen-bond acceptors (Lipinski definition) is 2. The van der Waals surface area contributed by atoms with Gasteiger partial charge in [0.15, 0.2) is 12.4 Å². The van der Waals surface area contributed by atoms with E-state index < -0.39 is 10.2 Å². The summed E-state index contributed by atoms with van der Waals surface area (Å²) in [5.74, 6) is 0. The van der Waals surface area contributed by atoms with Crippen LogP contribution in [0.5, 0.6) is 0 Å². The molecule has 0 aromatic carbocycles. The van der Waals surface area contributed by atoms with Gasteiger partial charge < -0.3 is 0 Å². The molecule has 0 aliphatic carbocycles. The van der Waals surface area contributed by atoms with Crippen molar-refractivity contribution in [1.82, 2.24) is 4.72 Å². The number of pyridine rings is 1. The predicted octanol–water partition coefficient (Wildman–Crippen LogP) is 0.457. The van der Waals surface area contributed by atoms with Crippen molar-refractivity contribution >= 4 is 10.2 Å². The highest BCUT2D eigenvalue weighted by atomic mass is 32.2. The van der Waals surface area contributed by atoms with E-state index in [4.69, 9.17) is 0 Å². The Hall–Kier alpha value is -0.940. The topological polar surface area (TPSA) is 50.1 Å². The van der Waals surface area contributed by atoms with E-state index in [0.29, 0.717) is 6.54 Å². The fourth-order valence-corrected chi connectivity index (χ4v) is 2.01. The van der Waals surface area contributed by atoms with Crippen molar-refractivity contribution in [1.29, 1.82) is 0 Å². The molecule has 0 aliphatic heterocycles. The Morgan fingerprint density at radius 3 is 2.43 bits per heavy atom. The Morgan fingerprint density at radius 2 is 1.86 bits per heavy atom. The zero-order chi connectivity index (χ0) is 10.4. The number of unbranched alkanes of at least 4 members (excludes halogenated alkanes) is 1. The summed E-state index contributed by atoms with van der Waals surface area (Å²) < 4.78 is 26.8. The van der Waals surface area contributed by atoms with Gasteiger partial charge in [-0.3, -0.25) is 0 Å². The van der Waals surface area contributed by atoms with Crippen molar-refractivity contribution in [3.8, 4) is 0 Å². The van der Waals surface area contributed by atoms with E-state index in [9.17, 15) is 8.42 Å². The van der Waals surface area contributed by atoms with Crippen LogP contribution >= 0.6 is 0 Å². The minimum atomic E-state index is -3.37. The monoisotopic (exact) mass is 215 g/mol. The minimum absolute atomic E-state index is 0.487. The molecule has 0 fully saturated rings. The summed E-state index contributed by atoms with van der Waals surface area (Å²) >= 11 is 0. The fraction of sp³-hybridized carbons (Fsp3) is 0.444. The molecule has 4 nitrogen and oxygen atoms in total. The summed E-state index contributed by atoms with van der Waals surface area (Å²) in [5, 5.41) is 0. The molecule has 0 atom stereocenters. The van der Waals surface area contributed by atoms with Gasteiger partial charge in [0.1, 0.15) is 0 Å². The standard InChI is InChI=1S/C9H15N2O2S/c1-2-3-7-10-14(12,13)11-8-5-4-6-9-11/h4-6,8-10H,2-3,7H2,1H3/q+1. The molecule has 0 saturated heterocycles. The number of aromatic nitrogens is 1. The van der Waals surface area contributed by atoms with E-state index in [-0.39, 0.29) is 0 Å². The first kappa shape index (κ1) is 11.1. The lowest BCUT2D eigenvalue weighted by atomic mass is 10.3. The molecular formula is C9H15N2O2S+. The van der Waals surface area contributed by atoms with Crippen molar-refractivity contribution in [3.63, 3.8) is 0 Å². The van der Waals surface area contributed by atoms with Gasteiger partial charge in [0.2, 0.25) is 0 Å². The van der Waals surface area contributed by atoms with Gasteiger partial charge >= 0.3 is 10.2 Å². The highest BCUT2D eigenvalue weighted by Gasteiger charge is 2.18. The third-order valence-electron chi connectivity index (χ3n) is 1.78. The average molecular weight is 215 g/mol. The largest absolute Gasteiger partial charge is 0.444 e. The van der Waals surface area contributed by atoms with Crippen LogP contribution in [-0.4, -0.2) is 15.0 Å². The summed E-state index contributed by atoms with van der Waals surface area (Å²) in [5.41, 5.74) is 0. The molecule has 0 bridgehead atoms. The zero-order valence-corrected chi connectivity index (χ0v) is 9.00. The molecule has 5 heteroatoms. The summed E-state index contributed by atoms with van der Waals surface area (Å²) in [6.45, 7) is 2.50. The smallest absolute Gasteiger partial charge is 0.159 e. The third-order valence-corrected chi connectivity index (χ3v) is 3.15. The molecule has 1 aromatic heterocycles. The summed E-state index contributed by atoms with van der Waals surface area (Å²) in [4.78, 5) is 0. The van der Waals surface area contributed by atoms with Crippen molar-refractivity contribution in [3.05, 3.63) is 30.6 Å². The Labute approximate surface area is 84.8 Å². The molecule has 0 spiro atoms. The normalized spacial score (nSPS) is 11.5. The molecule has 0 aliphatic rings. The van der Waals surface area contributed by atoms with E-state index in [2.05, 4.69) is 4.72 Å². The summed E-state index contributed by atoms with van der Waals surface area (Å²) in [6.07, 6.45) is 4.84. The van der Waals surface area contributed by atoms with Crippen LogP contribution in [0.25, 0.3) is 0 Å². The number of nitrogens with one attached hydrogen (secondary N) is 1. The number of rotatable bonds is 5. The van der Waals surface area contributed by atoms with Crippen LogP contribution in [-0.2, 0) is 10.2 Å². The second-order valence-electron chi connectivity index (χ2n) is 2.96. The maximum atomic E-state index is 11.6.